The smallest absolute Gasteiger partial charge is 0.351 e. The second-order valence-electron chi connectivity index (χ2n) is 8.04. The summed E-state index contributed by atoms with van der Waals surface area (Å²) in [7, 11) is 0. The minimum absolute atomic E-state index is 0.0467. The molecule has 4 nitrogen and oxygen atoms in total. The second kappa shape index (κ2) is 8.65. The lowest BCUT2D eigenvalue weighted by Gasteiger charge is -2.19. The van der Waals surface area contributed by atoms with E-state index in [1.54, 1.807) is 23.6 Å². The Labute approximate surface area is 185 Å². The van der Waals surface area contributed by atoms with E-state index in [0.29, 0.717) is 22.5 Å². The van der Waals surface area contributed by atoms with Crippen molar-refractivity contribution in [2.24, 2.45) is 0 Å². The summed E-state index contributed by atoms with van der Waals surface area (Å²) in [6.07, 6.45) is -4.59. The van der Waals surface area contributed by atoms with Gasteiger partial charge >= 0.3 is 6.18 Å². The zero-order chi connectivity index (χ0) is 23.8. The summed E-state index contributed by atoms with van der Waals surface area (Å²) >= 11 is 0. The number of ketones is 1. The summed E-state index contributed by atoms with van der Waals surface area (Å²) in [6, 6.07) is 10.3. The third-order valence-electron chi connectivity index (χ3n) is 5.44. The van der Waals surface area contributed by atoms with Gasteiger partial charge in [0.2, 0.25) is 5.91 Å². The molecule has 0 saturated heterocycles. The molecule has 0 radical (unpaired) electrons. The molecular weight excluding hydrogens is 417 g/mol. The van der Waals surface area contributed by atoms with E-state index in [2.05, 4.69) is 5.32 Å². The van der Waals surface area contributed by atoms with Crippen LogP contribution in [0.3, 0.4) is 0 Å². The van der Waals surface area contributed by atoms with Gasteiger partial charge in [0.1, 0.15) is 0 Å². The molecule has 7 heteroatoms. The van der Waals surface area contributed by atoms with Crippen molar-refractivity contribution in [3.63, 3.8) is 0 Å². The molecule has 0 fully saturated rings. The summed E-state index contributed by atoms with van der Waals surface area (Å²) < 4.78 is 42.3. The fourth-order valence-electron chi connectivity index (χ4n) is 3.92. The number of aromatic nitrogens is 1. The Morgan fingerprint density at radius 1 is 0.906 bits per heavy atom. The lowest BCUT2D eigenvalue weighted by molar-refractivity contribution is -0.137. The Balaban J connectivity index is 2.26. The van der Waals surface area contributed by atoms with Crippen LogP contribution in [0, 0.1) is 27.7 Å². The van der Waals surface area contributed by atoms with Gasteiger partial charge in [-0.3, -0.25) is 9.59 Å². The van der Waals surface area contributed by atoms with Crippen molar-refractivity contribution in [3.05, 3.63) is 87.2 Å². The molecule has 0 bridgehead atoms. The molecule has 0 atom stereocenters. The molecule has 168 valence electrons. The molecular formula is C25H25F3N2O2. The lowest BCUT2D eigenvalue weighted by Crippen LogP contribution is -2.22. The van der Waals surface area contributed by atoms with Gasteiger partial charge in [-0.15, -0.1) is 0 Å². The third-order valence-corrected chi connectivity index (χ3v) is 5.44. The zero-order valence-electron chi connectivity index (χ0n) is 18.6. The lowest BCUT2D eigenvalue weighted by atomic mass is 9.95. The number of hydrogen-bond donors (Lipinski definition) is 1. The topological polar surface area (TPSA) is 51.1 Å². The minimum Gasteiger partial charge on any atom is -0.351 e. The molecule has 0 saturated carbocycles. The SMILES string of the molecule is CC(=O)NCc1c(C)cc(C)n1-c1ccc(C(F)(F)F)cc1C(=O)c1ccc(C)cc1C. The maximum atomic E-state index is 13.5. The van der Waals surface area contributed by atoms with Crippen LogP contribution in [-0.4, -0.2) is 16.3 Å². The predicted molar refractivity (Wildman–Crippen MR) is 117 cm³/mol. The van der Waals surface area contributed by atoms with Gasteiger partial charge in [0.15, 0.2) is 5.78 Å². The van der Waals surface area contributed by atoms with Gasteiger partial charge in [-0.25, -0.2) is 0 Å². The van der Waals surface area contributed by atoms with E-state index in [1.807, 2.05) is 32.9 Å². The Bertz CT molecular complexity index is 1210. The number of hydrogen-bond acceptors (Lipinski definition) is 2. The van der Waals surface area contributed by atoms with Gasteiger partial charge in [0, 0.05) is 29.4 Å². The van der Waals surface area contributed by atoms with E-state index in [1.165, 1.54) is 13.0 Å². The molecule has 1 amide bonds. The Morgan fingerprint density at radius 2 is 1.59 bits per heavy atom. The first-order valence-electron chi connectivity index (χ1n) is 10.2. The minimum atomic E-state index is -4.59. The summed E-state index contributed by atoms with van der Waals surface area (Å²) in [4.78, 5) is 25.0. The highest BCUT2D eigenvalue weighted by molar-refractivity contribution is 6.12. The molecule has 1 heterocycles. The van der Waals surface area contributed by atoms with E-state index in [9.17, 15) is 22.8 Å². The zero-order valence-corrected chi connectivity index (χ0v) is 18.6. The van der Waals surface area contributed by atoms with E-state index in [0.717, 1.165) is 29.0 Å². The van der Waals surface area contributed by atoms with Crippen LogP contribution >= 0.6 is 0 Å². The number of halogens is 3. The largest absolute Gasteiger partial charge is 0.416 e. The summed E-state index contributed by atoms with van der Waals surface area (Å²) in [5, 5.41) is 2.73. The van der Waals surface area contributed by atoms with Gasteiger partial charge in [0.25, 0.3) is 0 Å². The van der Waals surface area contributed by atoms with Gasteiger partial charge < -0.3 is 9.88 Å². The molecule has 0 aliphatic rings. The molecule has 0 spiro atoms. The van der Waals surface area contributed by atoms with Crippen LogP contribution in [0.1, 0.15) is 56.5 Å². The molecule has 3 aromatic rings. The molecule has 0 unspecified atom stereocenters. The molecule has 32 heavy (non-hydrogen) atoms. The number of carbonyl (C=O) groups excluding carboxylic acids is 2. The van der Waals surface area contributed by atoms with Gasteiger partial charge in [-0.2, -0.15) is 13.2 Å². The molecule has 0 aliphatic carbocycles. The van der Waals surface area contributed by atoms with Crippen LogP contribution in [-0.2, 0) is 17.5 Å². The molecule has 1 aromatic heterocycles. The molecule has 0 aliphatic heterocycles. The fraction of sp³-hybridized carbons (Fsp3) is 0.280. The molecule has 2 aromatic carbocycles. The third kappa shape index (κ3) is 4.61. The van der Waals surface area contributed by atoms with Crippen LogP contribution in [0.5, 0.6) is 0 Å². The number of amides is 1. The number of nitrogens with zero attached hydrogens (tertiary/aromatic N) is 1. The van der Waals surface area contributed by atoms with Crippen LogP contribution in [0.4, 0.5) is 13.2 Å². The first-order valence-corrected chi connectivity index (χ1v) is 10.2. The van der Waals surface area contributed by atoms with Crippen LogP contribution in [0.2, 0.25) is 0 Å². The first-order chi connectivity index (χ1) is 14.9. The number of aryl methyl sites for hydroxylation is 4. The average Bonchev–Trinajstić information content (AvgIpc) is 2.97. The van der Waals surface area contributed by atoms with Crippen LogP contribution in [0.25, 0.3) is 5.69 Å². The second-order valence-corrected chi connectivity index (χ2v) is 8.04. The Morgan fingerprint density at radius 3 is 2.19 bits per heavy atom. The highest BCUT2D eigenvalue weighted by Gasteiger charge is 2.32. The maximum absolute atomic E-state index is 13.5. The van der Waals surface area contributed by atoms with Crippen molar-refractivity contribution in [2.45, 2.75) is 47.3 Å². The number of carbonyl (C=O) groups is 2. The van der Waals surface area contributed by atoms with E-state index in [4.69, 9.17) is 0 Å². The molecule has 3 rings (SSSR count). The fourth-order valence-corrected chi connectivity index (χ4v) is 3.92. The van der Waals surface area contributed by atoms with E-state index in [-0.39, 0.29) is 18.0 Å². The van der Waals surface area contributed by atoms with Crippen LogP contribution < -0.4 is 5.32 Å². The predicted octanol–water partition coefficient (Wildman–Crippen LogP) is 5.60. The number of benzene rings is 2. The number of nitrogens with one attached hydrogen (secondary N) is 1. The van der Waals surface area contributed by atoms with Crippen LogP contribution in [0.15, 0.2) is 42.5 Å². The van der Waals surface area contributed by atoms with Gasteiger partial charge in [0.05, 0.1) is 17.8 Å². The monoisotopic (exact) mass is 442 g/mol. The van der Waals surface area contributed by atoms with E-state index >= 15 is 0 Å². The Kier molecular flexibility index (Phi) is 6.30. The average molecular weight is 442 g/mol. The van der Waals surface area contributed by atoms with Gasteiger partial charge in [-0.05, 0) is 63.1 Å². The summed E-state index contributed by atoms with van der Waals surface area (Å²) in [5.41, 5.74) is 3.71. The normalized spacial score (nSPS) is 11.5. The van der Waals surface area contributed by atoms with Crippen molar-refractivity contribution in [2.75, 3.05) is 0 Å². The highest BCUT2D eigenvalue weighted by Crippen LogP contribution is 2.34. The van der Waals surface area contributed by atoms with Crippen molar-refractivity contribution >= 4 is 11.7 Å². The van der Waals surface area contributed by atoms with Gasteiger partial charge in [-0.1, -0.05) is 23.8 Å². The summed E-state index contributed by atoms with van der Waals surface area (Å²) in [5.74, 6) is -0.714. The van der Waals surface area contributed by atoms with E-state index < -0.39 is 17.5 Å². The Hall–Kier alpha value is -3.35. The number of alkyl halides is 3. The maximum Gasteiger partial charge on any atom is 0.416 e. The van der Waals surface area contributed by atoms with Crippen molar-refractivity contribution in [3.8, 4) is 5.69 Å². The quantitative estimate of drug-likeness (QED) is 0.523. The highest BCUT2D eigenvalue weighted by atomic mass is 19.4. The summed E-state index contributed by atoms with van der Waals surface area (Å²) in [6.45, 7) is 8.90. The first kappa shape index (κ1) is 23.3. The van der Waals surface area contributed by atoms with Crippen molar-refractivity contribution < 1.29 is 22.8 Å². The number of rotatable bonds is 5. The van der Waals surface area contributed by atoms with Crippen molar-refractivity contribution in [1.82, 2.24) is 9.88 Å². The van der Waals surface area contributed by atoms with Crippen molar-refractivity contribution in [1.29, 1.82) is 0 Å². The molecule has 1 N–H and O–H groups in total. The standard InChI is InChI=1S/C25H25F3N2O2/c1-14-6-8-20(15(2)10-14)24(32)21-12-19(25(26,27)28)7-9-22(21)30-17(4)11-16(3)23(30)13-29-18(5)31/h6-12H,13H2,1-5H3,(H,29,31).